The van der Waals surface area contributed by atoms with E-state index in [1.54, 1.807) is 11.2 Å². The third-order valence-corrected chi connectivity index (χ3v) is 11.5. The van der Waals surface area contributed by atoms with Crippen LogP contribution in [0, 0.1) is 38.5 Å². The minimum absolute atomic E-state index is 0.0799. The van der Waals surface area contributed by atoms with Gasteiger partial charge in [-0.1, -0.05) is 137 Å². The van der Waals surface area contributed by atoms with Crippen molar-refractivity contribution in [1.82, 2.24) is 31.4 Å². The number of carbonyl (C=O) groups is 4. The van der Waals surface area contributed by atoms with Crippen molar-refractivity contribution in [3.63, 3.8) is 0 Å². The molecule has 67 heavy (non-hydrogen) atoms. The van der Waals surface area contributed by atoms with E-state index in [-0.39, 0.29) is 19.5 Å². The second kappa shape index (κ2) is 22.3. The number of carbonyl (C=O) groups excluding carboxylic acids is 4. The fourth-order valence-corrected chi connectivity index (χ4v) is 8.36. The van der Waals surface area contributed by atoms with Gasteiger partial charge in [-0.25, -0.2) is 14.6 Å². The molecule has 0 unspecified atom stereocenters. The fraction of sp³-hybridized carbons (Fsp3) is 0.389. The van der Waals surface area contributed by atoms with E-state index in [0.29, 0.717) is 0 Å². The summed E-state index contributed by atoms with van der Waals surface area (Å²) in [6.07, 6.45) is -0.844. The molecule has 0 saturated carbocycles. The molecule has 0 spiro atoms. The van der Waals surface area contributed by atoms with Crippen LogP contribution in [0.1, 0.15) is 74.9 Å². The Morgan fingerprint density at radius 1 is 0.627 bits per heavy atom. The predicted octanol–water partition coefficient (Wildman–Crippen LogP) is 8.78. The van der Waals surface area contributed by atoms with E-state index in [9.17, 15) is 24.3 Å². The lowest BCUT2D eigenvalue weighted by molar-refractivity contribution is -0.132. The number of aliphatic hydroxyl groups is 1. The van der Waals surface area contributed by atoms with Gasteiger partial charge >= 0.3 is 12.2 Å². The number of nitrogens with zero attached hydrogens (tertiary/aromatic N) is 2. The lowest BCUT2D eigenvalue weighted by atomic mass is 9.85. The molecule has 1 aromatic heterocycles. The maximum absolute atomic E-state index is 14.5. The van der Waals surface area contributed by atoms with E-state index in [1.807, 2.05) is 90.1 Å². The van der Waals surface area contributed by atoms with Crippen molar-refractivity contribution in [2.45, 2.75) is 106 Å². The van der Waals surface area contributed by atoms with E-state index in [4.69, 9.17) is 14.5 Å². The van der Waals surface area contributed by atoms with Crippen molar-refractivity contribution in [3.05, 3.63) is 137 Å². The van der Waals surface area contributed by atoms with Gasteiger partial charge in [-0.15, -0.1) is 0 Å². The van der Waals surface area contributed by atoms with Gasteiger partial charge in [0.25, 0.3) is 5.91 Å². The molecule has 5 aromatic rings. The van der Waals surface area contributed by atoms with Gasteiger partial charge in [0.05, 0.1) is 32.1 Å². The van der Waals surface area contributed by atoms with Crippen LogP contribution < -0.4 is 21.4 Å². The highest BCUT2D eigenvalue weighted by atomic mass is 16.5. The molecule has 0 aliphatic heterocycles. The van der Waals surface area contributed by atoms with Crippen molar-refractivity contribution in [3.8, 4) is 33.5 Å². The van der Waals surface area contributed by atoms with E-state index >= 15 is 0 Å². The maximum atomic E-state index is 14.5. The third kappa shape index (κ3) is 14.2. The Bertz CT molecular complexity index is 2400. The first-order valence-electron chi connectivity index (χ1n) is 22.6. The van der Waals surface area contributed by atoms with Crippen molar-refractivity contribution >= 4 is 24.0 Å². The zero-order valence-corrected chi connectivity index (χ0v) is 41.0. The fourth-order valence-electron chi connectivity index (χ4n) is 8.36. The zero-order chi connectivity index (χ0) is 49.2. The molecule has 4 atom stereocenters. The Balaban J connectivity index is 1.70. The number of hydrogen-bond donors (Lipinski definition) is 5. The zero-order valence-electron chi connectivity index (χ0n) is 41.0. The number of nitrogens with one attached hydrogen (secondary N) is 4. The van der Waals surface area contributed by atoms with E-state index < -0.39 is 59.1 Å². The normalized spacial score (nSPS) is 13.5. The van der Waals surface area contributed by atoms with Gasteiger partial charge in [0, 0.05) is 24.8 Å². The summed E-state index contributed by atoms with van der Waals surface area (Å²) in [5.74, 6) is -1.07. The minimum atomic E-state index is -1.30. The first-order chi connectivity index (χ1) is 31.6. The average molecular weight is 913 g/mol. The van der Waals surface area contributed by atoms with Gasteiger partial charge in [-0.2, -0.15) is 0 Å². The second-order valence-electron chi connectivity index (χ2n) is 19.6. The highest BCUT2D eigenvalue weighted by Crippen LogP contribution is 2.42. The molecule has 5 rings (SSSR count). The number of ether oxygens (including phenoxy) is 2. The van der Waals surface area contributed by atoms with Crippen molar-refractivity contribution in [1.29, 1.82) is 0 Å². The SMILES string of the molecule is COC(=O)N[C@H](C(=O)N[C@@H](Cc1ccccc1)[C@@H](O)CN(Cc1cc(-c2cc(C)cc(C)c2)c(-c2ccccn2)c(-c2cc(C)cc(C)c2)c1)NC(=O)[C@@H](NC(=O)OC)C(C)(C)C)C(C)(C)C. The largest absolute Gasteiger partial charge is 0.453 e. The molecule has 1 heterocycles. The smallest absolute Gasteiger partial charge is 0.407 e. The molecule has 13 nitrogen and oxygen atoms in total. The molecular formula is C54H68N6O7. The van der Waals surface area contributed by atoms with Gasteiger partial charge in [-0.3, -0.25) is 20.0 Å². The number of pyridine rings is 1. The summed E-state index contributed by atoms with van der Waals surface area (Å²) in [7, 11) is 2.46. The molecule has 0 radical (unpaired) electrons. The number of aromatic nitrogens is 1. The number of aryl methyl sites for hydroxylation is 4. The van der Waals surface area contributed by atoms with Crippen molar-refractivity contribution < 1.29 is 33.8 Å². The number of alkyl carbamates (subject to hydrolysis) is 2. The quantitative estimate of drug-likeness (QED) is 0.0608. The summed E-state index contributed by atoms with van der Waals surface area (Å²) in [5.41, 5.74) is 13.1. The van der Waals surface area contributed by atoms with Crippen molar-refractivity contribution in [2.24, 2.45) is 10.8 Å². The Hall–Kier alpha value is -6.57. The van der Waals surface area contributed by atoms with Crippen LogP contribution in [0.25, 0.3) is 33.5 Å². The van der Waals surface area contributed by atoms with Crippen LogP contribution in [0.2, 0.25) is 0 Å². The summed E-state index contributed by atoms with van der Waals surface area (Å²) < 4.78 is 9.78. The maximum Gasteiger partial charge on any atom is 0.407 e. The molecule has 0 aliphatic carbocycles. The highest BCUT2D eigenvalue weighted by molar-refractivity contribution is 5.94. The molecule has 4 amide bonds. The van der Waals surface area contributed by atoms with Crippen molar-refractivity contribution in [2.75, 3.05) is 20.8 Å². The number of methoxy groups -OCH3 is 2. The number of rotatable bonds is 16. The predicted molar refractivity (Wildman–Crippen MR) is 264 cm³/mol. The summed E-state index contributed by atoms with van der Waals surface area (Å²) in [4.78, 5) is 58.7. The molecule has 356 valence electrons. The Morgan fingerprint density at radius 2 is 1.10 bits per heavy atom. The van der Waals surface area contributed by atoms with Crippen LogP contribution in [-0.4, -0.2) is 84.1 Å². The van der Waals surface area contributed by atoms with Gasteiger partial charge in [0.1, 0.15) is 12.1 Å². The van der Waals surface area contributed by atoms with Gasteiger partial charge in [0.15, 0.2) is 0 Å². The Kier molecular flexibility index (Phi) is 17.1. The topological polar surface area (TPSA) is 171 Å². The van der Waals surface area contributed by atoms with Crippen LogP contribution in [0.4, 0.5) is 9.59 Å². The summed E-state index contributed by atoms with van der Waals surface area (Å²) in [6, 6.07) is 29.4. The Labute approximate surface area is 396 Å². The second-order valence-corrected chi connectivity index (χ2v) is 19.6. The average Bonchev–Trinajstić information content (AvgIpc) is 3.25. The number of aliphatic hydroxyl groups excluding tert-OH is 1. The molecule has 0 bridgehead atoms. The molecular weight excluding hydrogens is 845 g/mol. The van der Waals surface area contributed by atoms with Crippen LogP contribution in [0.5, 0.6) is 0 Å². The minimum Gasteiger partial charge on any atom is -0.453 e. The number of hydrazine groups is 1. The first-order valence-corrected chi connectivity index (χ1v) is 22.6. The standard InChI is InChI=1S/C54H68N6O7/c1-33-22-34(2)25-39(24-33)41-28-38(29-42(40-26-35(3)23-36(4)27-40)46(41)43-20-16-17-21-55-43)31-60(59-50(63)48(54(8,9)10)58-52(65)67-12)32-45(61)44(30-37-18-14-13-15-19-37)56-49(62)47(53(5,6)7)57-51(64)66-11/h13-29,44-45,47-48,61H,30-32H2,1-12H3,(H,56,62)(H,57,64)(H,58,65)(H,59,63)/t44-,45-,47+,48+/m0/s1. The molecule has 0 fully saturated rings. The molecule has 0 saturated heterocycles. The lowest BCUT2D eigenvalue weighted by Crippen LogP contribution is -2.60. The van der Waals surface area contributed by atoms with E-state index in [2.05, 4.69) is 97.6 Å². The van der Waals surface area contributed by atoms with Crippen LogP contribution >= 0.6 is 0 Å². The van der Waals surface area contributed by atoms with Gasteiger partial charge in [-0.05, 0) is 103 Å². The number of hydrogen-bond acceptors (Lipinski definition) is 9. The van der Waals surface area contributed by atoms with E-state index in [1.165, 1.54) is 14.2 Å². The molecule has 5 N–H and O–H groups in total. The van der Waals surface area contributed by atoms with Crippen LogP contribution in [-0.2, 0) is 32.0 Å². The molecule has 0 aliphatic rings. The number of benzene rings is 4. The highest BCUT2D eigenvalue weighted by Gasteiger charge is 2.37. The van der Waals surface area contributed by atoms with Gasteiger partial charge < -0.3 is 30.5 Å². The summed E-state index contributed by atoms with van der Waals surface area (Å²) >= 11 is 0. The molecule has 4 aromatic carbocycles. The molecule has 13 heteroatoms. The van der Waals surface area contributed by atoms with Gasteiger partial charge in [0.2, 0.25) is 5.91 Å². The van der Waals surface area contributed by atoms with Crippen LogP contribution in [0.15, 0.2) is 103 Å². The lowest BCUT2D eigenvalue weighted by Gasteiger charge is -2.36. The first kappa shape index (κ1) is 51.4. The Morgan fingerprint density at radius 3 is 1.55 bits per heavy atom. The number of amides is 4. The van der Waals surface area contributed by atoms with Crippen LogP contribution in [0.3, 0.4) is 0 Å². The summed E-state index contributed by atoms with van der Waals surface area (Å²) in [6.45, 7) is 19.1. The monoisotopic (exact) mass is 913 g/mol. The summed E-state index contributed by atoms with van der Waals surface area (Å²) in [5, 5.41) is 22.4. The van der Waals surface area contributed by atoms with E-state index in [0.717, 1.165) is 66.9 Å². The third-order valence-electron chi connectivity index (χ3n) is 11.5.